The number of halogens is 1. The van der Waals surface area contributed by atoms with Crippen LogP contribution >= 0.6 is 12.4 Å². The third-order valence-corrected chi connectivity index (χ3v) is 3.92. The van der Waals surface area contributed by atoms with Gasteiger partial charge in [-0.2, -0.15) is 0 Å². The van der Waals surface area contributed by atoms with E-state index in [1.807, 2.05) is 0 Å². The van der Waals surface area contributed by atoms with E-state index in [0.29, 0.717) is 6.04 Å². The van der Waals surface area contributed by atoms with E-state index in [0.717, 1.165) is 38.3 Å². The van der Waals surface area contributed by atoms with Crippen molar-refractivity contribution in [2.45, 2.75) is 57.4 Å². The minimum absolute atomic E-state index is 0. The molecular formula is C13H25ClN2O. The summed E-state index contributed by atoms with van der Waals surface area (Å²) in [6, 6.07) is 0.379. The average Bonchev–Trinajstić information content (AvgIpc) is 2.81. The maximum absolute atomic E-state index is 11.7. The van der Waals surface area contributed by atoms with Crippen molar-refractivity contribution in [2.75, 3.05) is 13.1 Å². The SMILES string of the molecule is Cl.O=C(CCC1CCCC1)N[C@@H]1CCCNC1. The molecule has 1 aliphatic heterocycles. The van der Waals surface area contributed by atoms with Gasteiger partial charge < -0.3 is 10.6 Å². The molecule has 1 saturated heterocycles. The van der Waals surface area contributed by atoms with Crippen molar-refractivity contribution in [3.8, 4) is 0 Å². The van der Waals surface area contributed by atoms with Gasteiger partial charge in [0.2, 0.25) is 5.91 Å². The highest BCUT2D eigenvalue weighted by Crippen LogP contribution is 2.28. The summed E-state index contributed by atoms with van der Waals surface area (Å²) in [4.78, 5) is 11.7. The van der Waals surface area contributed by atoms with Crippen LogP contribution in [0.4, 0.5) is 0 Å². The lowest BCUT2D eigenvalue weighted by Gasteiger charge is -2.24. The number of nitrogens with one attached hydrogen (secondary N) is 2. The van der Waals surface area contributed by atoms with Gasteiger partial charge in [-0.3, -0.25) is 4.79 Å². The molecule has 0 aromatic heterocycles. The molecule has 0 aromatic rings. The van der Waals surface area contributed by atoms with Crippen LogP contribution in [0, 0.1) is 5.92 Å². The first-order valence-electron chi connectivity index (χ1n) is 6.84. The maximum atomic E-state index is 11.7. The Morgan fingerprint density at radius 1 is 1.18 bits per heavy atom. The molecule has 1 amide bonds. The summed E-state index contributed by atoms with van der Waals surface area (Å²) in [5.41, 5.74) is 0. The summed E-state index contributed by atoms with van der Waals surface area (Å²) in [6.07, 6.45) is 9.61. The van der Waals surface area contributed by atoms with Crippen LogP contribution < -0.4 is 10.6 Å². The topological polar surface area (TPSA) is 41.1 Å². The predicted molar refractivity (Wildman–Crippen MR) is 72.5 cm³/mol. The van der Waals surface area contributed by atoms with Gasteiger partial charge in [-0.25, -0.2) is 0 Å². The van der Waals surface area contributed by atoms with Crippen LogP contribution in [0.5, 0.6) is 0 Å². The molecule has 1 saturated carbocycles. The second-order valence-electron chi connectivity index (χ2n) is 5.30. The summed E-state index contributed by atoms with van der Waals surface area (Å²) in [5, 5.41) is 6.46. The molecule has 2 N–H and O–H groups in total. The molecule has 0 radical (unpaired) electrons. The molecule has 1 aliphatic carbocycles. The predicted octanol–water partition coefficient (Wildman–Crippen LogP) is 2.25. The molecule has 3 nitrogen and oxygen atoms in total. The van der Waals surface area contributed by atoms with Crippen LogP contribution in [0.3, 0.4) is 0 Å². The zero-order valence-corrected chi connectivity index (χ0v) is 11.4. The lowest BCUT2D eigenvalue weighted by molar-refractivity contribution is -0.122. The van der Waals surface area contributed by atoms with Crippen LogP contribution in [0.15, 0.2) is 0 Å². The monoisotopic (exact) mass is 260 g/mol. The Hall–Kier alpha value is -0.280. The minimum Gasteiger partial charge on any atom is -0.352 e. The van der Waals surface area contributed by atoms with Crippen molar-refractivity contribution in [3.63, 3.8) is 0 Å². The standard InChI is InChI=1S/C13H24N2O.ClH/c16-13(8-7-11-4-1-2-5-11)15-12-6-3-9-14-10-12;/h11-12,14H,1-10H2,(H,15,16);1H/t12-;/m1./s1. The molecule has 0 unspecified atom stereocenters. The third-order valence-electron chi connectivity index (χ3n) is 3.92. The lowest BCUT2D eigenvalue weighted by Crippen LogP contribution is -2.45. The zero-order chi connectivity index (χ0) is 11.2. The fourth-order valence-electron chi connectivity index (χ4n) is 2.91. The summed E-state index contributed by atoms with van der Waals surface area (Å²) in [6.45, 7) is 2.06. The quantitative estimate of drug-likeness (QED) is 0.814. The van der Waals surface area contributed by atoms with Crippen LogP contribution in [-0.4, -0.2) is 25.0 Å². The molecule has 2 rings (SSSR count). The van der Waals surface area contributed by atoms with E-state index >= 15 is 0 Å². The highest BCUT2D eigenvalue weighted by molar-refractivity contribution is 5.85. The van der Waals surface area contributed by atoms with Gasteiger partial charge >= 0.3 is 0 Å². The van der Waals surface area contributed by atoms with Gasteiger partial charge in [-0.05, 0) is 31.7 Å². The van der Waals surface area contributed by atoms with Gasteiger partial charge in [0.1, 0.15) is 0 Å². The number of hydrogen-bond acceptors (Lipinski definition) is 2. The van der Waals surface area contributed by atoms with E-state index in [4.69, 9.17) is 0 Å². The van der Waals surface area contributed by atoms with Crippen molar-refractivity contribution in [3.05, 3.63) is 0 Å². The van der Waals surface area contributed by atoms with Gasteiger partial charge in [0.25, 0.3) is 0 Å². The number of carbonyl (C=O) groups excluding carboxylic acids is 1. The Labute approximate surface area is 111 Å². The van der Waals surface area contributed by atoms with Crippen molar-refractivity contribution in [1.82, 2.24) is 10.6 Å². The highest BCUT2D eigenvalue weighted by atomic mass is 35.5. The van der Waals surface area contributed by atoms with Crippen LogP contribution in [0.1, 0.15) is 51.4 Å². The Kier molecular flexibility index (Phi) is 6.90. The highest BCUT2D eigenvalue weighted by Gasteiger charge is 2.18. The number of carbonyl (C=O) groups is 1. The molecule has 1 atom stereocenters. The Morgan fingerprint density at radius 2 is 1.94 bits per heavy atom. The Balaban J connectivity index is 0.00000144. The number of amides is 1. The second-order valence-corrected chi connectivity index (χ2v) is 5.30. The van der Waals surface area contributed by atoms with E-state index in [-0.39, 0.29) is 18.3 Å². The van der Waals surface area contributed by atoms with E-state index in [1.54, 1.807) is 0 Å². The second kappa shape index (κ2) is 7.93. The Morgan fingerprint density at radius 3 is 2.59 bits per heavy atom. The van der Waals surface area contributed by atoms with Gasteiger partial charge in [0, 0.05) is 19.0 Å². The van der Waals surface area contributed by atoms with E-state index in [2.05, 4.69) is 10.6 Å². The molecule has 0 spiro atoms. The summed E-state index contributed by atoms with van der Waals surface area (Å²) < 4.78 is 0. The van der Waals surface area contributed by atoms with E-state index in [1.165, 1.54) is 32.1 Å². The van der Waals surface area contributed by atoms with Crippen LogP contribution in [0.25, 0.3) is 0 Å². The summed E-state index contributed by atoms with van der Waals surface area (Å²) in [7, 11) is 0. The molecule has 4 heteroatoms. The molecule has 0 bridgehead atoms. The maximum Gasteiger partial charge on any atom is 0.220 e. The first-order valence-corrected chi connectivity index (χ1v) is 6.84. The minimum atomic E-state index is 0. The largest absolute Gasteiger partial charge is 0.352 e. The molecule has 17 heavy (non-hydrogen) atoms. The zero-order valence-electron chi connectivity index (χ0n) is 10.5. The third kappa shape index (κ3) is 5.26. The number of piperidine rings is 1. The van der Waals surface area contributed by atoms with Crippen molar-refractivity contribution < 1.29 is 4.79 Å². The van der Waals surface area contributed by atoms with Crippen molar-refractivity contribution in [1.29, 1.82) is 0 Å². The van der Waals surface area contributed by atoms with Crippen molar-refractivity contribution >= 4 is 18.3 Å². The summed E-state index contributed by atoms with van der Waals surface area (Å²) >= 11 is 0. The molecule has 0 aromatic carbocycles. The average molecular weight is 261 g/mol. The van der Waals surface area contributed by atoms with Gasteiger partial charge in [-0.15, -0.1) is 12.4 Å². The fraction of sp³-hybridized carbons (Fsp3) is 0.923. The first kappa shape index (κ1) is 14.8. The van der Waals surface area contributed by atoms with Crippen LogP contribution in [0.2, 0.25) is 0 Å². The van der Waals surface area contributed by atoms with Crippen LogP contribution in [-0.2, 0) is 4.79 Å². The van der Waals surface area contributed by atoms with Gasteiger partial charge in [0.05, 0.1) is 0 Å². The molecule has 1 heterocycles. The fourth-order valence-corrected chi connectivity index (χ4v) is 2.91. The first-order chi connectivity index (χ1) is 7.84. The Bertz CT molecular complexity index is 223. The number of rotatable bonds is 4. The van der Waals surface area contributed by atoms with Gasteiger partial charge in [-0.1, -0.05) is 25.7 Å². The van der Waals surface area contributed by atoms with E-state index < -0.39 is 0 Å². The summed E-state index contributed by atoms with van der Waals surface area (Å²) in [5.74, 6) is 1.09. The molecule has 100 valence electrons. The van der Waals surface area contributed by atoms with Gasteiger partial charge in [0.15, 0.2) is 0 Å². The van der Waals surface area contributed by atoms with Crippen molar-refractivity contribution in [2.24, 2.45) is 5.92 Å². The lowest BCUT2D eigenvalue weighted by atomic mass is 10.0. The smallest absolute Gasteiger partial charge is 0.220 e. The molecule has 2 aliphatic rings. The number of hydrogen-bond donors (Lipinski definition) is 2. The normalized spacial score (nSPS) is 25.3. The molecule has 2 fully saturated rings. The van der Waals surface area contributed by atoms with E-state index in [9.17, 15) is 4.79 Å². The molecular weight excluding hydrogens is 236 g/mol.